The molecular weight excluding hydrogens is 1460 g/mol. The summed E-state index contributed by atoms with van der Waals surface area (Å²) in [5, 5.41) is 44.8. The number of anilines is 3. The van der Waals surface area contributed by atoms with Gasteiger partial charge in [0.1, 0.15) is 60.6 Å². The largest absolute Gasteiger partial charge is 0.508 e. The molecule has 36 nitrogen and oxygen atoms in total. The second kappa shape index (κ2) is 40.3. The fourth-order valence-corrected chi connectivity index (χ4v) is 11.9. The molecule has 7 aromatic rings. The van der Waals surface area contributed by atoms with Crippen molar-refractivity contribution in [1.29, 1.82) is 0 Å². The van der Waals surface area contributed by atoms with Crippen LogP contribution in [0.1, 0.15) is 75.8 Å². The number of urea groups is 1. The summed E-state index contributed by atoms with van der Waals surface area (Å²) in [6, 6.07) is 19.4. The number of hydrogen-bond acceptors (Lipinski definition) is 23. The number of benzene rings is 4. The lowest BCUT2D eigenvalue weighted by Gasteiger charge is -2.26. The van der Waals surface area contributed by atoms with Crippen molar-refractivity contribution in [3.05, 3.63) is 143 Å². The number of nitrogens with two attached hydrogens (primary N) is 1. The van der Waals surface area contributed by atoms with Crippen LogP contribution in [0.5, 0.6) is 11.5 Å². The van der Waals surface area contributed by atoms with Crippen molar-refractivity contribution in [1.82, 2.24) is 60.9 Å². The lowest BCUT2D eigenvalue weighted by Crippen LogP contribution is -2.54. The molecule has 9 rings (SSSR count). The second-order valence-electron chi connectivity index (χ2n) is 25.6. The number of rotatable bonds is 39. The predicted molar refractivity (Wildman–Crippen MR) is 397 cm³/mol. The smallest absolute Gasteiger partial charge is 0.415 e. The highest BCUT2D eigenvalue weighted by Gasteiger charge is 2.37. The van der Waals surface area contributed by atoms with E-state index < -0.39 is 83.8 Å². The first-order valence-electron chi connectivity index (χ1n) is 35.2. The lowest BCUT2D eigenvalue weighted by molar-refractivity contribution is -0.137. The van der Waals surface area contributed by atoms with Gasteiger partial charge in [-0.05, 0) is 96.3 Å². The minimum atomic E-state index is -1.18. The van der Waals surface area contributed by atoms with Gasteiger partial charge in [0, 0.05) is 91.8 Å². The molecule has 3 atom stereocenters. The number of nitrogens with zero attached hydrogens (tertiary/aromatic N) is 8. The Hall–Kier alpha value is -12.0. The van der Waals surface area contributed by atoms with Gasteiger partial charge in [-0.3, -0.25) is 33.7 Å². The van der Waals surface area contributed by atoms with Crippen LogP contribution in [-0.2, 0) is 67.3 Å². The maximum Gasteiger partial charge on any atom is 0.415 e. The van der Waals surface area contributed by atoms with E-state index in [1.54, 1.807) is 67.4 Å². The van der Waals surface area contributed by atoms with Crippen LogP contribution in [-0.4, -0.2) is 239 Å². The molecule has 110 heavy (non-hydrogen) atoms. The molecule has 586 valence electrons. The molecule has 0 saturated heterocycles. The summed E-state index contributed by atoms with van der Waals surface area (Å²) in [7, 11) is 1.48. The van der Waals surface area contributed by atoms with Crippen LogP contribution in [0.25, 0.3) is 21.7 Å². The third-order valence-corrected chi connectivity index (χ3v) is 17.7. The van der Waals surface area contributed by atoms with Gasteiger partial charge in [-0.15, -0.1) is 16.7 Å². The van der Waals surface area contributed by atoms with Crippen LogP contribution < -0.4 is 47.3 Å². The Kier molecular flexibility index (Phi) is 30.0. The van der Waals surface area contributed by atoms with Crippen molar-refractivity contribution in [3.8, 4) is 11.5 Å². The van der Waals surface area contributed by atoms with E-state index in [-0.39, 0.29) is 166 Å². The average molecular weight is 1540 g/mol. The van der Waals surface area contributed by atoms with Gasteiger partial charge in [0.15, 0.2) is 0 Å². The fourth-order valence-electron chi connectivity index (χ4n) is 11.6. The topological polar surface area (TPSA) is 463 Å². The van der Waals surface area contributed by atoms with E-state index in [2.05, 4.69) is 52.2 Å². The number of likely N-dealkylation sites (N-methyl/N-ethyl adjacent to an activating group) is 1. The number of aromatic nitrogens is 5. The van der Waals surface area contributed by atoms with Gasteiger partial charge < -0.3 is 101 Å². The van der Waals surface area contributed by atoms with Gasteiger partial charge >= 0.3 is 30.4 Å². The van der Waals surface area contributed by atoms with Crippen LogP contribution in [0, 0.1) is 12.8 Å². The number of halogens is 1. The molecular formula is C73H87ClN16O20. The number of carbonyl (C=O) groups is 11. The van der Waals surface area contributed by atoms with E-state index in [0.29, 0.717) is 44.5 Å². The van der Waals surface area contributed by atoms with Gasteiger partial charge in [-0.1, -0.05) is 49.4 Å². The minimum absolute atomic E-state index is 0.00253. The number of amides is 12. The van der Waals surface area contributed by atoms with E-state index >= 15 is 0 Å². The maximum absolute atomic E-state index is 14.7. The first-order chi connectivity index (χ1) is 53.0. The molecule has 3 aromatic heterocycles. The zero-order valence-corrected chi connectivity index (χ0v) is 61.6. The van der Waals surface area contributed by atoms with E-state index in [4.69, 9.17) is 50.5 Å². The van der Waals surface area contributed by atoms with Crippen molar-refractivity contribution in [3.63, 3.8) is 0 Å². The van der Waals surface area contributed by atoms with Crippen molar-refractivity contribution >= 4 is 116 Å². The summed E-state index contributed by atoms with van der Waals surface area (Å²) in [5.41, 5.74) is 9.65. The van der Waals surface area contributed by atoms with E-state index in [9.17, 15) is 63.0 Å². The van der Waals surface area contributed by atoms with Gasteiger partial charge in [0.05, 0.1) is 89.5 Å². The number of phenols is 1. The normalized spacial score (nSPS) is 13.5. The van der Waals surface area contributed by atoms with Gasteiger partial charge in [0.25, 0.3) is 23.6 Å². The summed E-state index contributed by atoms with van der Waals surface area (Å²) in [6.45, 7) is 5.27. The Morgan fingerprint density at radius 3 is 2.20 bits per heavy atom. The Balaban J connectivity index is 0.729. The molecule has 5 heterocycles. The number of primary amides is 1. The van der Waals surface area contributed by atoms with Crippen LogP contribution in [0.4, 0.5) is 41.2 Å². The number of aromatic amines is 1. The van der Waals surface area contributed by atoms with Crippen molar-refractivity contribution < 1.29 is 96.1 Å². The van der Waals surface area contributed by atoms with Crippen LogP contribution >= 0.6 is 11.6 Å². The number of pyridine rings is 1. The summed E-state index contributed by atoms with van der Waals surface area (Å²) in [6.07, 6.45) is 2.47. The van der Waals surface area contributed by atoms with E-state index in [1.165, 1.54) is 64.1 Å². The Labute approximate surface area is 635 Å². The first kappa shape index (κ1) is 82.1. The average Bonchev–Trinajstić information content (AvgIpc) is 1.49. The zero-order valence-electron chi connectivity index (χ0n) is 60.8. The summed E-state index contributed by atoms with van der Waals surface area (Å²) in [4.78, 5) is 156. The highest BCUT2D eigenvalue weighted by atomic mass is 35.5. The lowest BCUT2D eigenvalue weighted by atomic mass is 9.92. The second-order valence-corrected chi connectivity index (χ2v) is 25.9. The Bertz CT molecular complexity index is 4440. The molecule has 37 heteroatoms. The molecule has 11 N–H and O–H groups in total. The minimum Gasteiger partial charge on any atom is -0.508 e. The number of aliphatic hydroxyl groups excluding tert-OH is 1. The zero-order chi connectivity index (χ0) is 78.8. The van der Waals surface area contributed by atoms with Gasteiger partial charge in [-0.25, -0.2) is 33.6 Å². The highest BCUT2D eigenvalue weighted by molar-refractivity contribution is 6.20. The number of aliphatic hydroxyl groups is 1. The molecule has 12 amide bonds. The molecule has 2 aliphatic rings. The maximum atomic E-state index is 14.7. The number of phenolic OH excluding ortho intramolecular Hbond substituents is 1. The number of ether oxygens (including phenoxy) is 7. The van der Waals surface area contributed by atoms with Crippen molar-refractivity contribution in [2.75, 3.05) is 127 Å². The SMILES string of the molecule is Cc1cccc2c(OC(=O)N(CCOCCO)CCN(C)C(=O)OCc3ccc(NC(=O)[C@H](CCCNC(N)=O)NC(=O)[C@@H](NC(=O)OCCOCCn4cc(CNC(=O)OCCOCCN5C(=O)C=CC5=O)nn4)C(C)C)cc3)cc3c(c12)[C@H](CCl)CN3C(=O)c1cc2cc(NC(=O)c3ccc(O)cc3)ncc2[nH]1. The molecule has 4 aromatic carbocycles. The number of imide groups is 1. The number of aromatic hydroxyl groups is 1. The summed E-state index contributed by atoms with van der Waals surface area (Å²) in [5.74, 6) is -3.30. The number of carbonyl (C=O) groups excluding carboxylic acids is 11. The van der Waals surface area contributed by atoms with Crippen molar-refractivity contribution in [2.24, 2.45) is 11.7 Å². The summed E-state index contributed by atoms with van der Waals surface area (Å²) >= 11 is 6.66. The third-order valence-electron chi connectivity index (χ3n) is 17.4. The number of hydrogen-bond donors (Lipinski definition) is 10. The molecule has 0 fully saturated rings. The fraction of sp³-hybridized carbons (Fsp3) is 0.397. The molecule has 0 bridgehead atoms. The Morgan fingerprint density at radius 1 is 0.773 bits per heavy atom. The molecule has 0 spiro atoms. The predicted octanol–water partition coefficient (Wildman–Crippen LogP) is 5.14. The number of fused-ring (bicyclic) bond motifs is 4. The number of alkyl carbamates (subject to hydrolysis) is 2. The quantitative estimate of drug-likeness (QED) is 0.0103. The third kappa shape index (κ3) is 23.3. The van der Waals surface area contributed by atoms with E-state index in [0.717, 1.165) is 21.4 Å². The standard InChI is InChI=1S/C73H87ClN16O20/c1-44(2)64(83-71(101)108-34-32-105-28-24-88-42-51(84-85-88)39-78-70(100)107-33-31-106-29-25-89-60(93)18-19-61(89)94)67(97)81-54(9-6-20-76-69(75)99)66(96)79-50-14-10-46(11-15-50)43-109-72(102)86(4)21-22-87(23-27-104-30-26-91)73(103)110-58-37-57-63(62-45(3)7-5-8-53(58)62)49(38-74)41-90(57)68(98)55-35-48-36-59(77-40-56(48)80-55)82-65(95)47-12-16-52(92)17-13-47/h5,7-8,10-19,35-37,40,42,44,49,54,64,80,91-92H,6,9,20-34,38-39,41,43H2,1-4H3,(H,78,100)(H,79,96)(H,81,97)(H,83,101)(H3,75,76,99)(H,77,82,95)/t49-,54+,64+/m1/s1. The van der Waals surface area contributed by atoms with Crippen LogP contribution in [0.3, 0.4) is 0 Å². The van der Waals surface area contributed by atoms with E-state index in [1.807, 2.05) is 25.1 Å². The number of nitrogens with one attached hydrogen (secondary N) is 7. The van der Waals surface area contributed by atoms with Gasteiger partial charge in [-0.2, -0.15) is 0 Å². The van der Waals surface area contributed by atoms with Crippen LogP contribution in [0.15, 0.2) is 109 Å². The van der Waals surface area contributed by atoms with Crippen LogP contribution in [0.2, 0.25) is 0 Å². The number of alkyl halides is 1. The molecule has 0 saturated carbocycles. The number of H-pyrrole nitrogens is 1. The first-order valence-corrected chi connectivity index (χ1v) is 35.7. The summed E-state index contributed by atoms with van der Waals surface area (Å²) < 4.78 is 40.1. The van der Waals surface area contributed by atoms with Gasteiger partial charge in [0.2, 0.25) is 11.8 Å². The molecule has 2 aliphatic heterocycles. The molecule has 0 unspecified atom stereocenters. The monoisotopic (exact) mass is 1540 g/mol. The Morgan fingerprint density at radius 2 is 1.49 bits per heavy atom. The van der Waals surface area contributed by atoms with Crippen molar-refractivity contribution in [2.45, 2.75) is 71.3 Å². The number of aryl methyl sites for hydroxylation is 1. The highest BCUT2D eigenvalue weighted by Crippen LogP contribution is 2.47. The molecule has 0 aliphatic carbocycles. The molecule has 0 radical (unpaired) electrons.